The van der Waals surface area contributed by atoms with Crippen molar-refractivity contribution in [1.82, 2.24) is 15.1 Å². The fraction of sp³-hybridized carbons (Fsp3) is 0.947. The van der Waals surface area contributed by atoms with Gasteiger partial charge in [0.2, 0.25) is 5.91 Å². The van der Waals surface area contributed by atoms with Crippen LogP contribution in [0.1, 0.15) is 60.3 Å². The molecule has 1 N–H and O–H groups in total. The average Bonchev–Trinajstić information content (AvgIpc) is 2.52. The quantitative estimate of drug-likeness (QED) is 0.864. The SMILES string of the molecule is CC(C)N1CCC(N2CCC(CNC(=O)C(C)(C)C)CC2)CC1. The summed E-state index contributed by atoms with van der Waals surface area (Å²) < 4.78 is 0. The Labute approximate surface area is 143 Å². The highest BCUT2D eigenvalue weighted by Crippen LogP contribution is 2.24. The van der Waals surface area contributed by atoms with Gasteiger partial charge < -0.3 is 15.1 Å². The molecule has 0 bridgehead atoms. The number of piperidine rings is 2. The second-order valence-electron chi connectivity index (χ2n) is 8.80. The minimum Gasteiger partial charge on any atom is -0.355 e. The summed E-state index contributed by atoms with van der Waals surface area (Å²) in [5.41, 5.74) is -0.273. The number of hydrogen-bond acceptors (Lipinski definition) is 3. The highest BCUT2D eigenvalue weighted by atomic mass is 16.2. The van der Waals surface area contributed by atoms with Gasteiger partial charge in [0.05, 0.1) is 0 Å². The molecule has 1 amide bonds. The molecule has 2 saturated heterocycles. The van der Waals surface area contributed by atoms with Crippen LogP contribution in [0.3, 0.4) is 0 Å². The molecule has 0 aliphatic carbocycles. The van der Waals surface area contributed by atoms with Crippen molar-refractivity contribution < 1.29 is 4.79 Å². The summed E-state index contributed by atoms with van der Waals surface area (Å²) in [4.78, 5) is 17.3. The van der Waals surface area contributed by atoms with Crippen molar-refractivity contribution in [2.24, 2.45) is 11.3 Å². The molecule has 0 aromatic rings. The smallest absolute Gasteiger partial charge is 0.225 e. The van der Waals surface area contributed by atoms with Crippen molar-refractivity contribution in [3.05, 3.63) is 0 Å². The van der Waals surface area contributed by atoms with Crippen LogP contribution in [-0.4, -0.2) is 60.5 Å². The van der Waals surface area contributed by atoms with E-state index >= 15 is 0 Å². The van der Waals surface area contributed by atoms with Gasteiger partial charge in [0.25, 0.3) is 0 Å². The second kappa shape index (κ2) is 7.98. The predicted molar refractivity (Wildman–Crippen MR) is 96.5 cm³/mol. The highest BCUT2D eigenvalue weighted by molar-refractivity contribution is 5.81. The first-order chi connectivity index (χ1) is 10.8. The first-order valence-electron chi connectivity index (χ1n) is 9.53. The van der Waals surface area contributed by atoms with Crippen LogP contribution in [0, 0.1) is 11.3 Å². The summed E-state index contributed by atoms with van der Waals surface area (Å²) >= 11 is 0. The Hall–Kier alpha value is -0.610. The summed E-state index contributed by atoms with van der Waals surface area (Å²) in [6.07, 6.45) is 5.11. The zero-order valence-electron chi connectivity index (χ0n) is 15.9. The van der Waals surface area contributed by atoms with Gasteiger partial charge in [-0.25, -0.2) is 0 Å². The van der Waals surface area contributed by atoms with Gasteiger partial charge in [-0.1, -0.05) is 20.8 Å². The number of amides is 1. The molecule has 0 atom stereocenters. The van der Waals surface area contributed by atoms with Crippen LogP contribution >= 0.6 is 0 Å². The van der Waals surface area contributed by atoms with Crippen LogP contribution in [-0.2, 0) is 4.79 Å². The lowest BCUT2D eigenvalue weighted by Crippen LogP contribution is -2.50. The van der Waals surface area contributed by atoms with Crippen LogP contribution in [0.4, 0.5) is 0 Å². The number of carbonyl (C=O) groups excluding carboxylic acids is 1. The maximum atomic E-state index is 12.0. The van der Waals surface area contributed by atoms with E-state index in [1.165, 1.54) is 51.9 Å². The molecule has 0 aromatic heterocycles. The van der Waals surface area contributed by atoms with E-state index in [1.54, 1.807) is 0 Å². The molecule has 2 fully saturated rings. The van der Waals surface area contributed by atoms with Gasteiger partial charge in [-0.05, 0) is 71.6 Å². The first-order valence-corrected chi connectivity index (χ1v) is 9.53. The number of carbonyl (C=O) groups is 1. The van der Waals surface area contributed by atoms with Gasteiger partial charge in [0.1, 0.15) is 0 Å². The molecule has 0 spiro atoms. The lowest BCUT2D eigenvalue weighted by molar-refractivity contribution is -0.128. The number of likely N-dealkylation sites (tertiary alicyclic amines) is 2. The van der Waals surface area contributed by atoms with E-state index < -0.39 is 0 Å². The van der Waals surface area contributed by atoms with Crippen molar-refractivity contribution in [1.29, 1.82) is 0 Å². The fourth-order valence-corrected chi connectivity index (χ4v) is 3.79. The molecule has 4 heteroatoms. The topological polar surface area (TPSA) is 35.6 Å². The number of rotatable bonds is 4. The van der Waals surface area contributed by atoms with Crippen LogP contribution in [0.2, 0.25) is 0 Å². The van der Waals surface area contributed by atoms with Crippen molar-refractivity contribution >= 4 is 5.91 Å². The lowest BCUT2D eigenvalue weighted by Gasteiger charge is -2.42. The third-order valence-electron chi connectivity index (χ3n) is 5.63. The van der Waals surface area contributed by atoms with E-state index in [4.69, 9.17) is 0 Å². The van der Waals surface area contributed by atoms with E-state index in [0.29, 0.717) is 12.0 Å². The van der Waals surface area contributed by atoms with Gasteiger partial charge in [0, 0.05) is 24.0 Å². The third-order valence-corrected chi connectivity index (χ3v) is 5.63. The van der Waals surface area contributed by atoms with E-state index in [-0.39, 0.29) is 11.3 Å². The van der Waals surface area contributed by atoms with Crippen LogP contribution < -0.4 is 5.32 Å². The standard InChI is InChI=1S/C19H37N3O/c1-15(2)21-12-8-17(9-13-21)22-10-6-16(7-11-22)14-20-18(23)19(3,4)5/h15-17H,6-14H2,1-5H3,(H,20,23). The summed E-state index contributed by atoms with van der Waals surface area (Å²) in [7, 11) is 0. The van der Waals surface area contributed by atoms with Crippen LogP contribution in [0.15, 0.2) is 0 Å². The predicted octanol–water partition coefficient (Wildman–Crippen LogP) is 2.73. The lowest BCUT2D eigenvalue weighted by atomic mass is 9.92. The molecule has 2 aliphatic rings. The van der Waals surface area contributed by atoms with Gasteiger partial charge in [-0.15, -0.1) is 0 Å². The molecule has 2 rings (SSSR count). The number of nitrogens with zero attached hydrogens (tertiary/aromatic N) is 2. The zero-order chi connectivity index (χ0) is 17.0. The highest BCUT2D eigenvalue weighted by Gasteiger charge is 2.29. The minimum absolute atomic E-state index is 0.181. The average molecular weight is 324 g/mol. The second-order valence-corrected chi connectivity index (χ2v) is 8.80. The Bertz CT molecular complexity index is 373. The molecule has 2 heterocycles. The Morgan fingerprint density at radius 3 is 2.09 bits per heavy atom. The summed E-state index contributed by atoms with van der Waals surface area (Å²) in [6.45, 7) is 16.3. The Morgan fingerprint density at radius 2 is 1.61 bits per heavy atom. The summed E-state index contributed by atoms with van der Waals surface area (Å²) in [5.74, 6) is 0.842. The Kier molecular flexibility index (Phi) is 6.49. The molecule has 0 unspecified atom stereocenters. The molecule has 134 valence electrons. The normalized spacial score (nSPS) is 23.4. The third kappa shape index (κ3) is 5.46. The largest absolute Gasteiger partial charge is 0.355 e. The molecule has 2 aliphatic heterocycles. The molecule has 0 aromatic carbocycles. The first kappa shape index (κ1) is 18.7. The van der Waals surface area contributed by atoms with Gasteiger partial charge in [-0.2, -0.15) is 0 Å². The maximum Gasteiger partial charge on any atom is 0.225 e. The summed E-state index contributed by atoms with van der Waals surface area (Å²) in [5, 5.41) is 3.14. The van der Waals surface area contributed by atoms with Crippen molar-refractivity contribution in [2.45, 2.75) is 72.4 Å². The monoisotopic (exact) mass is 323 g/mol. The Morgan fingerprint density at radius 1 is 1.04 bits per heavy atom. The van der Waals surface area contributed by atoms with Crippen LogP contribution in [0.25, 0.3) is 0 Å². The van der Waals surface area contributed by atoms with Gasteiger partial charge in [0.15, 0.2) is 0 Å². The number of hydrogen-bond donors (Lipinski definition) is 1. The molecular formula is C19H37N3O. The molecular weight excluding hydrogens is 286 g/mol. The van der Waals surface area contributed by atoms with E-state index in [1.807, 2.05) is 20.8 Å². The van der Waals surface area contributed by atoms with Crippen LogP contribution in [0.5, 0.6) is 0 Å². The van der Waals surface area contributed by atoms with E-state index in [2.05, 4.69) is 29.0 Å². The van der Waals surface area contributed by atoms with Crippen molar-refractivity contribution in [2.75, 3.05) is 32.7 Å². The molecule has 0 radical (unpaired) electrons. The van der Waals surface area contributed by atoms with E-state index in [9.17, 15) is 4.79 Å². The molecule has 23 heavy (non-hydrogen) atoms. The molecule has 4 nitrogen and oxygen atoms in total. The van der Waals surface area contributed by atoms with Crippen molar-refractivity contribution in [3.8, 4) is 0 Å². The summed E-state index contributed by atoms with van der Waals surface area (Å²) in [6, 6.07) is 1.48. The fourth-order valence-electron chi connectivity index (χ4n) is 3.79. The van der Waals surface area contributed by atoms with E-state index in [0.717, 1.165) is 12.6 Å². The van der Waals surface area contributed by atoms with Crippen molar-refractivity contribution in [3.63, 3.8) is 0 Å². The molecule has 0 saturated carbocycles. The van der Waals surface area contributed by atoms with Gasteiger partial charge in [-0.3, -0.25) is 4.79 Å². The Balaban J connectivity index is 1.67. The minimum atomic E-state index is -0.273. The maximum absolute atomic E-state index is 12.0. The number of nitrogens with one attached hydrogen (secondary N) is 1. The zero-order valence-corrected chi connectivity index (χ0v) is 15.9. The van der Waals surface area contributed by atoms with Gasteiger partial charge >= 0.3 is 0 Å².